The normalized spacial score (nSPS) is 11.9. The molecule has 0 heterocycles. The molecule has 1 atom stereocenters. The lowest BCUT2D eigenvalue weighted by atomic mass is 10.1. The maximum absolute atomic E-state index is 9.96. The Balaban J connectivity index is 1.85. The third-order valence-corrected chi connectivity index (χ3v) is 3.21. The molecule has 0 aliphatic carbocycles. The largest absolute Gasteiger partial charge is 0.506 e. The van der Waals surface area contributed by atoms with Crippen LogP contribution in [0.15, 0.2) is 48.5 Å². The number of ether oxygens (including phenoxy) is 1. The molecular weight excluding hydrogens is 266 g/mol. The van der Waals surface area contributed by atoms with Crippen molar-refractivity contribution in [3.05, 3.63) is 54.1 Å². The van der Waals surface area contributed by atoms with Gasteiger partial charge in [0.1, 0.15) is 24.2 Å². The monoisotopic (exact) mass is 287 g/mol. The predicted molar refractivity (Wildman–Crippen MR) is 83.9 cm³/mol. The second-order valence-electron chi connectivity index (χ2n) is 4.82. The van der Waals surface area contributed by atoms with E-state index in [0.717, 1.165) is 17.7 Å². The highest BCUT2D eigenvalue weighted by Crippen LogP contribution is 2.27. The van der Waals surface area contributed by atoms with Gasteiger partial charge in [0.15, 0.2) is 0 Å². The van der Waals surface area contributed by atoms with E-state index >= 15 is 0 Å². The molecule has 0 bridgehead atoms. The first-order chi connectivity index (χ1) is 10.2. The molecule has 2 aromatic carbocycles. The van der Waals surface area contributed by atoms with Crippen LogP contribution in [0.5, 0.6) is 11.5 Å². The minimum absolute atomic E-state index is 0.200. The zero-order valence-electron chi connectivity index (χ0n) is 12.1. The van der Waals surface area contributed by atoms with Crippen LogP contribution in [0.3, 0.4) is 0 Å². The van der Waals surface area contributed by atoms with E-state index in [0.29, 0.717) is 12.2 Å². The molecule has 0 aliphatic heterocycles. The Morgan fingerprint density at radius 2 is 1.86 bits per heavy atom. The number of rotatable bonds is 7. The van der Waals surface area contributed by atoms with Crippen LogP contribution in [-0.4, -0.2) is 29.5 Å². The van der Waals surface area contributed by atoms with Crippen molar-refractivity contribution in [1.82, 2.24) is 0 Å². The van der Waals surface area contributed by atoms with E-state index < -0.39 is 6.10 Å². The van der Waals surface area contributed by atoms with E-state index in [1.165, 1.54) is 0 Å². The number of para-hydroxylation sites is 2. The van der Waals surface area contributed by atoms with Gasteiger partial charge in [-0.3, -0.25) is 0 Å². The number of aliphatic hydroxyl groups is 1. The summed E-state index contributed by atoms with van der Waals surface area (Å²) in [5.74, 6) is 0.930. The standard InChI is InChI=1S/C17H21NO3/c1-2-13-7-6-10-16(20)17(13)18-11-14(19)12-21-15-8-4-3-5-9-15/h3-10,14,18-20H,2,11-12H2,1H3. The van der Waals surface area contributed by atoms with Crippen LogP contribution in [0.2, 0.25) is 0 Å². The van der Waals surface area contributed by atoms with Crippen LogP contribution in [0, 0.1) is 0 Å². The van der Waals surface area contributed by atoms with Gasteiger partial charge in [-0.15, -0.1) is 0 Å². The fraction of sp³-hybridized carbons (Fsp3) is 0.294. The minimum atomic E-state index is -0.658. The first-order valence-electron chi connectivity index (χ1n) is 7.11. The number of hydrogen-bond acceptors (Lipinski definition) is 4. The Morgan fingerprint density at radius 1 is 1.10 bits per heavy atom. The van der Waals surface area contributed by atoms with Crippen molar-refractivity contribution in [3.8, 4) is 11.5 Å². The SMILES string of the molecule is CCc1cccc(O)c1NCC(O)COc1ccccc1. The van der Waals surface area contributed by atoms with Crippen molar-refractivity contribution in [2.24, 2.45) is 0 Å². The van der Waals surface area contributed by atoms with Crippen LogP contribution in [0.25, 0.3) is 0 Å². The van der Waals surface area contributed by atoms with Gasteiger partial charge in [-0.2, -0.15) is 0 Å². The number of nitrogens with one attached hydrogen (secondary N) is 1. The highest BCUT2D eigenvalue weighted by molar-refractivity contribution is 5.61. The number of aryl methyl sites for hydroxylation is 1. The fourth-order valence-electron chi connectivity index (χ4n) is 2.07. The van der Waals surface area contributed by atoms with Gasteiger partial charge in [0, 0.05) is 6.54 Å². The quantitative estimate of drug-likeness (QED) is 0.685. The van der Waals surface area contributed by atoms with Gasteiger partial charge in [-0.25, -0.2) is 0 Å². The van der Waals surface area contributed by atoms with Crippen molar-refractivity contribution < 1.29 is 14.9 Å². The average Bonchev–Trinajstić information content (AvgIpc) is 2.52. The average molecular weight is 287 g/mol. The molecular formula is C17H21NO3. The molecule has 0 saturated heterocycles. The summed E-state index contributed by atoms with van der Waals surface area (Å²) in [6.07, 6.45) is 0.155. The Labute approximate surface area is 125 Å². The third-order valence-electron chi connectivity index (χ3n) is 3.21. The van der Waals surface area contributed by atoms with Crippen LogP contribution < -0.4 is 10.1 Å². The van der Waals surface area contributed by atoms with Crippen molar-refractivity contribution in [2.45, 2.75) is 19.4 Å². The minimum Gasteiger partial charge on any atom is -0.506 e. The van der Waals surface area contributed by atoms with Crippen LogP contribution in [0.1, 0.15) is 12.5 Å². The van der Waals surface area contributed by atoms with Gasteiger partial charge >= 0.3 is 0 Å². The summed E-state index contributed by atoms with van der Waals surface area (Å²) >= 11 is 0. The molecule has 0 spiro atoms. The van der Waals surface area contributed by atoms with Gasteiger partial charge in [0.2, 0.25) is 0 Å². The highest BCUT2D eigenvalue weighted by Gasteiger charge is 2.09. The third kappa shape index (κ3) is 4.39. The molecule has 21 heavy (non-hydrogen) atoms. The summed E-state index contributed by atoms with van der Waals surface area (Å²) in [5, 5.41) is 22.9. The molecule has 2 aromatic rings. The zero-order valence-corrected chi connectivity index (χ0v) is 12.1. The number of phenols is 1. The Kier molecular flexibility index (Phi) is 5.46. The second-order valence-corrected chi connectivity index (χ2v) is 4.82. The van der Waals surface area contributed by atoms with E-state index in [-0.39, 0.29) is 12.4 Å². The molecule has 0 aliphatic rings. The highest BCUT2D eigenvalue weighted by atomic mass is 16.5. The molecule has 0 saturated carbocycles. The maximum Gasteiger partial charge on any atom is 0.138 e. The summed E-state index contributed by atoms with van der Waals surface area (Å²) in [7, 11) is 0. The molecule has 4 nitrogen and oxygen atoms in total. The van der Waals surface area contributed by atoms with Gasteiger partial charge < -0.3 is 20.3 Å². The molecule has 2 rings (SSSR count). The molecule has 3 N–H and O–H groups in total. The van der Waals surface area contributed by atoms with E-state index in [4.69, 9.17) is 4.74 Å². The first kappa shape index (κ1) is 15.2. The van der Waals surface area contributed by atoms with Crippen molar-refractivity contribution >= 4 is 5.69 Å². The number of aromatic hydroxyl groups is 1. The van der Waals surface area contributed by atoms with Gasteiger partial charge in [0.25, 0.3) is 0 Å². The Morgan fingerprint density at radius 3 is 2.57 bits per heavy atom. The lowest BCUT2D eigenvalue weighted by Gasteiger charge is -2.16. The van der Waals surface area contributed by atoms with Crippen molar-refractivity contribution in [3.63, 3.8) is 0 Å². The summed E-state index contributed by atoms with van der Waals surface area (Å²) in [4.78, 5) is 0. The summed E-state index contributed by atoms with van der Waals surface area (Å²) in [6.45, 7) is 2.54. The number of aliphatic hydroxyl groups excluding tert-OH is 1. The molecule has 0 aromatic heterocycles. The molecule has 0 fully saturated rings. The lowest BCUT2D eigenvalue weighted by Crippen LogP contribution is -2.26. The first-order valence-corrected chi connectivity index (χ1v) is 7.11. The zero-order chi connectivity index (χ0) is 15.1. The van der Waals surface area contributed by atoms with Crippen LogP contribution in [-0.2, 0) is 6.42 Å². The fourth-order valence-corrected chi connectivity index (χ4v) is 2.07. The van der Waals surface area contributed by atoms with E-state index in [1.54, 1.807) is 6.07 Å². The molecule has 0 radical (unpaired) electrons. The van der Waals surface area contributed by atoms with E-state index in [2.05, 4.69) is 5.32 Å². The van der Waals surface area contributed by atoms with Gasteiger partial charge in [0.05, 0.1) is 5.69 Å². The number of anilines is 1. The second kappa shape index (κ2) is 7.55. The molecule has 112 valence electrons. The number of phenolic OH excluding ortho intramolecular Hbond substituents is 1. The van der Waals surface area contributed by atoms with E-state index in [9.17, 15) is 10.2 Å². The van der Waals surface area contributed by atoms with Crippen LogP contribution >= 0.6 is 0 Å². The van der Waals surface area contributed by atoms with E-state index in [1.807, 2.05) is 49.4 Å². The lowest BCUT2D eigenvalue weighted by molar-refractivity contribution is 0.117. The van der Waals surface area contributed by atoms with Gasteiger partial charge in [-0.05, 0) is 30.2 Å². The Hall–Kier alpha value is -2.20. The summed E-state index contributed by atoms with van der Waals surface area (Å²) in [6, 6.07) is 14.8. The van der Waals surface area contributed by atoms with Crippen molar-refractivity contribution in [2.75, 3.05) is 18.5 Å². The predicted octanol–water partition coefficient (Wildman–Crippen LogP) is 2.81. The number of benzene rings is 2. The molecule has 0 amide bonds. The van der Waals surface area contributed by atoms with Crippen LogP contribution in [0.4, 0.5) is 5.69 Å². The summed E-state index contributed by atoms with van der Waals surface area (Å²) < 4.78 is 5.49. The Bertz CT molecular complexity index is 557. The van der Waals surface area contributed by atoms with Gasteiger partial charge in [-0.1, -0.05) is 37.3 Å². The summed E-state index contributed by atoms with van der Waals surface area (Å²) in [5.41, 5.74) is 1.70. The maximum atomic E-state index is 9.96. The topological polar surface area (TPSA) is 61.7 Å². The molecule has 1 unspecified atom stereocenters. The number of hydrogen-bond donors (Lipinski definition) is 3. The smallest absolute Gasteiger partial charge is 0.138 e. The van der Waals surface area contributed by atoms with Crippen molar-refractivity contribution in [1.29, 1.82) is 0 Å². The molecule has 4 heteroatoms.